The highest BCUT2D eigenvalue weighted by atomic mass is 32.2. The molecule has 2 aromatic carbocycles. The van der Waals surface area contributed by atoms with Crippen LogP contribution >= 0.6 is 0 Å². The van der Waals surface area contributed by atoms with Crippen LogP contribution in [0.2, 0.25) is 0 Å². The first kappa shape index (κ1) is 23.3. The van der Waals surface area contributed by atoms with Crippen LogP contribution in [-0.4, -0.2) is 26.6 Å². The Labute approximate surface area is 186 Å². The molecule has 1 aliphatic rings. The number of nitrogens with zero attached hydrogens (tertiary/aromatic N) is 1. The van der Waals surface area contributed by atoms with Crippen molar-refractivity contribution >= 4 is 21.6 Å². The second-order valence-corrected chi connectivity index (χ2v) is 10.4. The Bertz CT molecular complexity index is 1020. The van der Waals surface area contributed by atoms with Crippen LogP contribution in [0.4, 0.5) is 5.69 Å². The first-order valence-electron chi connectivity index (χ1n) is 11.2. The van der Waals surface area contributed by atoms with Crippen molar-refractivity contribution in [2.75, 3.05) is 10.6 Å². The smallest absolute Gasteiger partial charge is 0.244 e. The number of anilines is 1. The van der Waals surface area contributed by atoms with Gasteiger partial charge in [-0.2, -0.15) is 0 Å². The average Bonchev–Trinajstić information content (AvgIpc) is 2.75. The number of hydrogen-bond acceptors (Lipinski definition) is 3. The van der Waals surface area contributed by atoms with Crippen LogP contribution in [0.3, 0.4) is 0 Å². The van der Waals surface area contributed by atoms with E-state index in [9.17, 15) is 13.2 Å². The predicted octanol–water partition coefficient (Wildman–Crippen LogP) is 4.69. The molecule has 3 rings (SSSR count). The Morgan fingerprint density at radius 2 is 1.65 bits per heavy atom. The summed E-state index contributed by atoms with van der Waals surface area (Å²) in [5.74, 6) is -0.266. The van der Waals surface area contributed by atoms with Gasteiger partial charge in [0.05, 0.1) is 18.0 Å². The lowest BCUT2D eigenvalue weighted by Gasteiger charge is -2.31. The number of benzene rings is 2. The van der Waals surface area contributed by atoms with Crippen LogP contribution in [0.1, 0.15) is 67.8 Å². The zero-order valence-electron chi connectivity index (χ0n) is 19.0. The molecule has 1 N–H and O–H groups in total. The molecule has 0 saturated heterocycles. The Balaban J connectivity index is 1.86. The van der Waals surface area contributed by atoms with Gasteiger partial charge in [-0.05, 0) is 74.3 Å². The lowest BCUT2D eigenvalue weighted by atomic mass is 9.88. The van der Waals surface area contributed by atoms with Crippen LogP contribution in [0.15, 0.2) is 42.5 Å². The van der Waals surface area contributed by atoms with Gasteiger partial charge in [-0.25, -0.2) is 8.42 Å². The van der Waals surface area contributed by atoms with Crippen molar-refractivity contribution in [3.8, 4) is 0 Å². The maximum absolute atomic E-state index is 13.3. The standard InChI is InChI=1S/C25H34N2O3S/c1-5-23(21-14-13-19-9-7-8-10-20(19)17-21)26-25(28)24(6-2)27(31(4,29)30)22-15-11-18(3)12-16-22/h11-17,23-24H,5-10H2,1-4H3,(H,26,28)/t23-,24-/m1/s1. The quantitative estimate of drug-likeness (QED) is 0.645. The molecular formula is C25H34N2O3S. The van der Waals surface area contributed by atoms with Gasteiger partial charge in [-0.1, -0.05) is 49.7 Å². The molecule has 5 nitrogen and oxygen atoms in total. The highest BCUT2D eigenvalue weighted by Gasteiger charge is 2.32. The zero-order chi connectivity index (χ0) is 22.6. The third kappa shape index (κ3) is 5.48. The fourth-order valence-corrected chi connectivity index (χ4v) is 5.62. The molecule has 0 saturated carbocycles. The molecule has 168 valence electrons. The van der Waals surface area contributed by atoms with Crippen molar-refractivity contribution < 1.29 is 13.2 Å². The van der Waals surface area contributed by atoms with E-state index < -0.39 is 16.1 Å². The summed E-state index contributed by atoms with van der Waals surface area (Å²) in [5.41, 5.74) is 5.42. The minimum Gasteiger partial charge on any atom is -0.347 e. The summed E-state index contributed by atoms with van der Waals surface area (Å²) >= 11 is 0. The lowest BCUT2D eigenvalue weighted by Crippen LogP contribution is -2.50. The average molecular weight is 443 g/mol. The number of fused-ring (bicyclic) bond motifs is 1. The Morgan fingerprint density at radius 1 is 1.00 bits per heavy atom. The molecule has 1 aliphatic carbocycles. The zero-order valence-corrected chi connectivity index (χ0v) is 19.8. The van der Waals surface area contributed by atoms with E-state index in [1.54, 1.807) is 12.1 Å². The minimum absolute atomic E-state index is 0.145. The van der Waals surface area contributed by atoms with Gasteiger partial charge in [0.15, 0.2) is 0 Å². The fourth-order valence-electron chi connectivity index (χ4n) is 4.41. The van der Waals surface area contributed by atoms with E-state index in [-0.39, 0.29) is 11.9 Å². The van der Waals surface area contributed by atoms with Gasteiger partial charge in [0, 0.05) is 0 Å². The van der Waals surface area contributed by atoms with Gasteiger partial charge in [-0.3, -0.25) is 9.10 Å². The van der Waals surface area contributed by atoms with Gasteiger partial charge in [0.1, 0.15) is 6.04 Å². The molecule has 0 spiro atoms. The van der Waals surface area contributed by atoms with Crippen molar-refractivity contribution in [3.63, 3.8) is 0 Å². The second kappa shape index (κ2) is 9.86. The van der Waals surface area contributed by atoms with E-state index in [1.165, 1.54) is 28.3 Å². The monoisotopic (exact) mass is 442 g/mol. The summed E-state index contributed by atoms with van der Waals surface area (Å²) in [4.78, 5) is 13.3. The Kier molecular flexibility index (Phi) is 7.42. The minimum atomic E-state index is -3.63. The van der Waals surface area contributed by atoms with Gasteiger partial charge < -0.3 is 5.32 Å². The number of hydrogen-bond donors (Lipinski definition) is 1. The van der Waals surface area contributed by atoms with E-state index in [1.807, 2.05) is 32.9 Å². The summed E-state index contributed by atoms with van der Waals surface area (Å²) in [5, 5.41) is 3.13. The highest BCUT2D eigenvalue weighted by Crippen LogP contribution is 2.27. The number of aryl methyl sites for hydroxylation is 3. The molecule has 2 atom stereocenters. The van der Waals surface area contributed by atoms with Crippen molar-refractivity contribution in [2.24, 2.45) is 0 Å². The Hall–Kier alpha value is -2.34. The molecule has 2 aromatic rings. The van der Waals surface area contributed by atoms with E-state index in [4.69, 9.17) is 0 Å². The number of carbonyl (C=O) groups is 1. The SMILES string of the molecule is CC[C@H](C(=O)N[C@H](CC)c1ccc2c(c1)CCCC2)N(c1ccc(C)cc1)S(C)(=O)=O. The molecule has 0 unspecified atom stereocenters. The third-order valence-electron chi connectivity index (χ3n) is 6.12. The highest BCUT2D eigenvalue weighted by molar-refractivity contribution is 7.92. The summed E-state index contributed by atoms with van der Waals surface area (Å²) < 4.78 is 26.6. The van der Waals surface area contributed by atoms with Gasteiger partial charge in [0.2, 0.25) is 15.9 Å². The molecule has 0 bridgehead atoms. The second-order valence-electron chi connectivity index (χ2n) is 8.52. The van der Waals surface area contributed by atoms with Crippen LogP contribution in [0.25, 0.3) is 0 Å². The fraction of sp³-hybridized carbons (Fsp3) is 0.480. The summed E-state index contributed by atoms with van der Waals surface area (Å²) in [6, 6.07) is 12.8. The molecule has 0 fully saturated rings. The molecule has 0 aliphatic heterocycles. The normalized spacial score (nSPS) is 15.6. The molecule has 0 radical (unpaired) electrons. The van der Waals surface area contributed by atoms with E-state index >= 15 is 0 Å². The van der Waals surface area contributed by atoms with Crippen LogP contribution in [-0.2, 0) is 27.7 Å². The summed E-state index contributed by atoms with van der Waals surface area (Å²) in [6.45, 7) is 5.83. The third-order valence-corrected chi connectivity index (χ3v) is 7.30. The number of nitrogens with one attached hydrogen (secondary N) is 1. The van der Waals surface area contributed by atoms with Crippen molar-refractivity contribution in [2.45, 2.75) is 71.4 Å². The Morgan fingerprint density at radius 3 is 2.23 bits per heavy atom. The van der Waals surface area contributed by atoms with Gasteiger partial charge in [0.25, 0.3) is 0 Å². The number of rotatable bonds is 8. The first-order chi connectivity index (χ1) is 14.7. The van der Waals surface area contributed by atoms with E-state index in [0.29, 0.717) is 12.1 Å². The van der Waals surface area contributed by atoms with Crippen LogP contribution < -0.4 is 9.62 Å². The van der Waals surface area contributed by atoms with Crippen LogP contribution in [0, 0.1) is 6.92 Å². The van der Waals surface area contributed by atoms with Gasteiger partial charge >= 0.3 is 0 Å². The molecule has 1 amide bonds. The summed E-state index contributed by atoms with van der Waals surface area (Å²) in [7, 11) is -3.63. The predicted molar refractivity (Wildman–Crippen MR) is 127 cm³/mol. The number of amides is 1. The molecule has 0 aromatic heterocycles. The van der Waals surface area contributed by atoms with Crippen molar-refractivity contribution in [1.82, 2.24) is 5.32 Å². The lowest BCUT2D eigenvalue weighted by molar-refractivity contribution is -0.123. The summed E-state index contributed by atoms with van der Waals surface area (Å²) in [6.07, 6.45) is 6.93. The molecule has 0 heterocycles. The molecule has 31 heavy (non-hydrogen) atoms. The maximum atomic E-state index is 13.3. The topological polar surface area (TPSA) is 66.5 Å². The van der Waals surface area contributed by atoms with Crippen molar-refractivity contribution in [3.05, 3.63) is 64.7 Å². The molecular weight excluding hydrogens is 408 g/mol. The molecule has 6 heteroatoms. The maximum Gasteiger partial charge on any atom is 0.244 e. The van der Waals surface area contributed by atoms with Crippen LogP contribution in [0.5, 0.6) is 0 Å². The number of sulfonamides is 1. The first-order valence-corrected chi connectivity index (χ1v) is 13.1. The van der Waals surface area contributed by atoms with Gasteiger partial charge in [-0.15, -0.1) is 0 Å². The number of carbonyl (C=O) groups excluding carboxylic acids is 1. The van der Waals surface area contributed by atoms with E-state index in [2.05, 4.69) is 23.5 Å². The van der Waals surface area contributed by atoms with E-state index in [0.717, 1.165) is 36.6 Å². The largest absolute Gasteiger partial charge is 0.347 e. The van der Waals surface area contributed by atoms with Crippen molar-refractivity contribution in [1.29, 1.82) is 0 Å².